The predicted octanol–water partition coefficient (Wildman–Crippen LogP) is 2.80. The summed E-state index contributed by atoms with van der Waals surface area (Å²) in [6.45, 7) is 7.45. The van der Waals surface area contributed by atoms with Crippen LogP contribution in [0.1, 0.15) is 59.3 Å². The van der Waals surface area contributed by atoms with Crippen LogP contribution in [0.5, 0.6) is 0 Å². The maximum absolute atomic E-state index is 12.1. The first-order chi connectivity index (χ1) is 8.60. The fourth-order valence-electron chi connectivity index (χ4n) is 2.72. The zero-order valence-electron chi connectivity index (χ0n) is 12.5. The largest absolute Gasteiger partial charge is 0.343 e. The Morgan fingerprint density at radius 2 is 1.89 bits per heavy atom. The minimum absolute atomic E-state index is 0.172. The van der Waals surface area contributed by atoms with Crippen molar-refractivity contribution in [3.63, 3.8) is 0 Å². The van der Waals surface area contributed by atoms with Gasteiger partial charge in [0.1, 0.15) is 0 Å². The van der Waals surface area contributed by atoms with Gasteiger partial charge in [0.2, 0.25) is 5.91 Å². The van der Waals surface area contributed by atoms with Crippen molar-refractivity contribution in [1.82, 2.24) is 10.2 Å². The zero-order chi connectivity index (χ0) is 13.5. The van der Waals surface area contributed by atoms with Crippen LogP contribution in [-0.4, -0.2) is 36.5 Å². The molecule has 1 N–H and O–H groups in total. The van der Waals surface area contributed by atoms with Gasteiger partial charge in [-0.1, -0.05) is 20.8 Å². The van der Waals surface area contributed by atoms with Gasteiger partial charge in [0, 0.05) is 25.0 Å². The first-order valence-corrected chi connectivity index (χ1v) is 7.60. The smallest absolute Gasteiger partial charge is 0.225 e. The average molecular weight is 254 g/mol. The Hall–Kier alpha value is -0.570. The van der Waals surface area contributed by atoms with Crippen molar-refractivity contribution in [3.05, 3.63) is 0 Å². The van der Waals surface area contributed by atoms with Crippen LogP contribution >= 0.6 is 0 Å². The number of carbonyl (C=O) groups is 1. The molecule has 1 aliphatic carbocycles. The molecular formula is C15H30N2O. The topological polar surface area (TPSA) is 32.3 Å². The lowest BCUT2D eigenvalue weighted by atomic mass is 9.89. The van der Waals surface area contributed by atoms with Crippen LogP contribution < -0.4 is 5.32 Å². The third kappa shape index (κ3) is 4.27. The van der Waals surface area contributed by atoms with E-state index in [0.29, 0.717) is 18.0 Å². The van der Waals surface area contributed by atoms with E-state index in [-0.39, 0.29) is 5.92 Å². The van der Waals surface area contributed by atoms with Crippen LogP contribution in [0.3, 0.4) is 0 Å². The SMILES string of the molecule is CCCNC1CCC(N(C)C(=O)C(C)CC)CC1. The van der Waals surface area contributed by atoms with Crippen molar-refractivity contribution < 1.29 is 4.79 Å². The highest BCUT2D eigenvalue weighted by atomic mass is 16.2. The lowest BCUT2D eigenvalue weighted by Crippen LogP contribution is -2.44. The van der Waals surface area contributed by atoms with Crippen molar-refractivity contribution in [3.8, 4) is 0 Å². The van der Waals surface area contributed by atoms with E-state index in [0.717, 1.165) is 25.8 Å². The maximum atomic E-state index is 12.1. The highest BCUT2D eigenvalue weighted by Crippen LogP contribution is 2.23. The summed E-state index contributed by atoms with van der Waals surface area (Å²) in [6.07, 6.45) is 6.87. The second-order valence-corrected chi connectivity index (χ2v) is 5.72. The van der Waals surface area contributed by atoms with Gasteiger partial charge in [0.25, 0.3) is 0 Å². The number of hydrogen-bond donors (Lipinski definition) is 1. The Bertz CT molecular complexity index is 247. The second kappa shape index (κ2) is 7.78. The Labute approximate surface area is 112 Å². The van der Waals surface area contributed by atoms with Crippen molar-refractivity contribution >= 4 is 5.91 Å². The van der Waals surface area contributed by atoms with E-state index < -0.39 is 0 Å². The molecule has 1 aliphatic rings. The van der Waals surface area contributed by atoms with Gasteiger partial charge in [-0.3, -0.25) is 4.79 Å². The van der Waals surface area contributed by atoms with Gasteiger partial charge in [-0.05, 0) is 45.1 Å². The molecule has 1 unspecified atom stereocenters. The molecule has 0 radical (unpaired) electrons. The Kier molecular flexibility index (Phi) is 6.69. The van der Waals surface area contributed by atoms with Crippen molar-refractivity contribution in [2.45, 2.75) is 71.4 Å². The molecule has 1 fully saturated rings. The van der Waals surface area contributed by atoms with Gasteiger partial charge < -0.3 is 10.2 Å². The summed E-state index contributed by atoms with van der Waals surface area (Å²) in [4.78, 5) is 14.1. The lowest BCUT2D eigenvalue weighted by Gasteiger charge is -2.36. The van der Waals surface area contributed by atoms with E-state index in [2.05, 4.69) is 19.2 Å². The van der Waals surface area contributed by atoms with Gasteiger partial charge in [0.15, 0.2) is 0 Å². The van der Waals surface area contributed by atoms with Gasteiger partial charge >= 0.3 is 0 Å². The van der Waals surface area contributed by atoms with Crippen LogP contribution in [-0.2, 0) is 4.79 Å². The minimum atomic E-state index is 0.172. The number of carbonyl (C=O) groups excluding carboxylic acids is 1. The fraction of sp³-hybridized carbons (Fsp3) is 0.933. The molecule has 3 nitrogen and oxygen atoms in total. The molecule has 1 atom stereocenters. The van der Waals surface area contributed by atoms with E-state index in [4.69, 9.17) is 0 Å². The van der Waals surface area contributed by atoms with E-state index >= 15 is 0 Å². The molecule has 1 rings (SSSR count). The van der Waals surface area contributed by atoms with Crippen molar-refractivity contribution in [2.75, 3.05) is 13.6 Å². The number of rotatable bonds is 6. The monoisotopic (exact) mass is 254 g/mol. The third-order valence-corrected chi connectivity index (χ3v) is 4.31. The lowest BCUT2D eigenvalue weighted by molar-refractivity contribution is -0.136. The zero-order valence-corrected chi connectivity index (χ0v) is 12.5. The molecule has 3 heteroatoms. The summed E-state index contributed by atoms with van der Waals surface area (Å²) < 4.78 is 0. The van der Waals surface area contributed by atoms with E-state index in [9.17, 15) is 4.79 Å². The summed E-state index contributed by atoms with van der Waals surface area (Å²) in [5.74, 6) is 0.494. The molecular weight excluding hydrogens is 224 g/mol. The summed E-state index contributed by atoms with van der Waals surface area (Å²) in [7, 11) is 1.99. The van der Waals surface area contributed by atoms with Crippen LogP contribution in [0.4, 0.5) is 0 Å². The standard InChI is InChI=1S/C15H30N2O/c1-5-11-16-13-7-9-14(10-8-13)17(4)15(18)12(3)6-2/h12-14,16H,5-11H2,1-4H3. The fourth-order valence-corrected chi connectivity index (χ4v) is 2.72. The summed E-state index contributed by atoms with van der Waals surface area (Å²) in [5, 5.41) is 3.59. The predicted molar refractivity (Wildman–Crippen MR) is 76.6 cm³/mol. The molecule has 0 aromatic rings. The highest BCUT2D eigenvalue weighted by Gasteiger charge is 2.27. The van der Waals surface area contributed by atoms with Crippen LogP contribution in [0, 0.1) is 5.92 Å². The summed E-state index contributed by atoms with van der Waals surface area (Å²) in [5.41, 5.74) is 0. The molecule has 0 aliphatic heterocycles. The van der Waals surface area contributed by atoms with E-state index in [1.54, 1.807) is 0 Å². The van der Waals surface area contributed by atoms with E-state index in [1.165, 1.54) is 19.3 Å². The first kappa shape index (κ1) is 15.5. The third-order valence-electron chi connectivity index (χ3n) is 4.31. The van der Waals surface area contributed by atoms with Gasteiger partial charge in [-0.15, -0.1) is 0 Å². The molecule has 18 heavy (non-hydrogen) atoms. The number of hydrogen-bond acceptors (Lipinski definition) is 2. The highest BCUT2D eigenvalue weighted by molar-refractivity contribution is 5.78. The Morgan fingerprint density at radius 3 is 2.39 bits per heavy atom. The van der Waals surface area contributed by atoms with Crippen LogP contribution in [0.2, 0.25) is 0 Å². The Morgan fingerprint density at radius 1 is 1.28 bits per heavy atom. The molecule has 0 spiro atoms. The minimum Gasteiger partial charge on any atom is -0.343 e. The number of nitrogens with zero attached hydrogens (tertiary/aromatic N) is 1. The molecule has 106 valence electrons. The van der Waals surface area contributed by atoms with Gasteiger partial charge in [-0.25, -0.2) is 0 Å². The van der Waals surface area contributed by atoms with Crippen LogP contribution in [0.25, 0.3) is 0 Å². The Balaban J connectivity index is 2.35. The molecule has 0 aromatic heterocycles. The molecule has 0 aromatic carbocycles. The normalized spacial score (nSPS) is 25.8. The number of nitrogens with one attached hydrogen (secondary N) is 1. The average Bonchev–Trinajstić information content (AvgIpc) is 2.43. The van der Waals surface area contributed by atoms with Gasteiger partial charge in [-0.2, -0.15) is 0 Å². The quantitative estimate of drug-likeness (QED) is 0.790. The molecule has 0 bridgehead atoms. The summed E-state index contributed by atoms with van der Waals surface area (Å²) >= 11 is 0. The second-order valence-electron chi connectivity index (χ2n) is 5.72. The molecule has 0 saturated heterocycles. The maximum Gasteiger partial charge on any atom is 0.225 e. The van der Waals surface area contributed by atoms with Crippen molar-refractivity contribution in [1.29, 1.82) is 0 Å². The van der Waals surface area contributed by atoms with Crippen LogP contribution in [0.15, 0.2) is 0 Å². The molecule has 1 amide bonds. The number of amides is 1. The molecule has 1 saturated carbocycles. The van der Waals surface area contributed by atoms with Gasteiger partial charge in [0.05, 0.1) is 0 Å². The van der Waals surface area contributed by atoms with E-state index in [1.807, 2.05) is 18.9 Å². The van der Waals surface area contributed by atoms with Crippen molar-refractivity contribution in [2.24, 2.45) is 5.92 Å². The first-order valence-electron chi connectivity index (χ1n) is 7.60. The summed E-state index contributed by atoms with van der Waals surface area (Å²) in [6, 6.07) is 1.14. The molecule has 0 heterocycles.